The van der Waals surface area contributed by atoms with E-state index >= 15 is 0 Å². The first kappa shape index (κ1) is 19.0. The number of benzene rings is 2. The van der Waals surface area contributed by atoms with Crippen molar-refractivity contribution in [2.75, 3.05) is 19.5 Å². The Bertz CT molecular complexity index is 1020. The van der Waals surface area contributed by atoms with Crippen molar-refractivity contribution in [2.45, 2.75) is 13.5 Å². The third-order valence-corrected chi connectivity index (χ3v) is 5.06. The van der Waals surface area contributed by atoms with E-state index in [0.717, 1.165) is 21.3 Å². The maximum absolute atomic E-state index is 12.8. The molecule has 0 unspecified atom stereocenters. The van der Waals surface area contributed by atoms with Crippen LogP contribution in [0.5, 0.6) is 11.5 Å². The van der Waals surface area contributed by atoms with E-state index in [1.54, 1.807) is 31.2 Å². The van der Waals surface area contributed by atoms with Gasteiger partial charge in [0.25, 0.3) is 5.56 Å². The highest BCUT2D eigenvalue weighted by atomic mass is 79.9. The van der Waals surface area contributed by atoms with E-state index in [2.05, 4.69) is 26.2 Å². The normalized spacial score (nSPS) is 10.5. The zero-order chi connectivity index (χ0) is 19.4. The Labute approximate surface area is 165 Å². The van der Waals surface area contributed by atoms with E-state index in [0.29, 0.717) is 18.0 Å². The highest BCUT2D eigenvalue weighted by Gasteiger charge is 2.09. The minimum absolute atomic E-state index is 0.209. The van der Waals surface area contributed by atoms with Crippen LogP contribution < -0.4 is 20.3 Å². The summed E-state index contributed by atoms with van der Waals surface area (Å²) in [5, 5.41) is 3.10. The maximum atomic E-state index is 12.8. The Balaban J connectivity index is 1.84. The number of hydrogen-bond acceptors (Lipinski definition) is 5. The van der Waals surface area contributed by atoms with Gasteiger partial charge in [0, 0.05) is 29.1 Å². The predicted octanol–water partition coefficient (Wildman–Crippen LogP) is 3.93. The Morgan fingerprint density at radius 1 is 1.11 bits per heavy atom. The number of nitrogens with one attached hydrogen (secondary N) is 1. The molecule has 1 heterocycles. The van der Waals surface area contributed by atoms with Gasteiger partial charge in [0.15, 0.2) is 17.3 Å². The van der Waals surface area contributed by atoms with Crippen molar-refractivity contribution >= 4 is 21.7 Å². The quantitative estimate of drug-likeness (QED) is 0.642. The molecule has 0 aliphatic heterocycles. The lowest BCUT2D eigenvalue weighted by Gasteiger charge is -2.12. The average molecular weight is 430 g/mol. The fraction of sp³-hybridized carbons (Fsp3) is 0.200. The van der Waals surface area contributed by atoms with Crippen LogP contribution in [0.3, 0.4) is 0 Å². The topological polar surface area (TPSA) is 65.4 Å². The molecule has 6 nitrogen and oxygen atoms in total. The van der Waals surface area contributed by atoms with Gasteiger partial charge in [-0.1, -0.05) is 22.0 Å². The summed E-state index contributed by atoms with van der Waals surface area (Å²) in [7, 11) is 3.18. The van der Waals surface area contributed by atoms with Gasteiger partial charge in [-0.05, 0) is 48.4 Å². The summed E-state index contributed by atoms with van der Waals surface area (Å²) in [6.45, 7) is 2.42. The summed E-state index contributed by atoms with van der Waals surface area (Å²) in [6.07, 6.45) is 3.27. The summed E-state index contributed by atoms with van der Waals surface area (Å²) >= 11 is 3.48. The number of halogens is 1. The number of hydrogen-bond donors (Lipinski definition) is 1. The molecule has 0 bridgehead atoms. The third-order valence-electron chi connectivity index (χ3n) is 4.17. The molecule has 0 spiro atoms. The largest absolute Gasteiger partial charge is 0.493 e. The minimum atomic E-state index is -0.209. The molecule has 140 valence electrons. The lowest BCUT2D eigenvalue weighted by molar-refractivity contribution is 0.354. The van der Waals surface area contributed by atoms with Gasteiger partial charge >= 0.3 is 0 Å². The zero-order valence-corrected chi connectivity index (χ0v) is 16.9. The van der Waals surface area contributed by atoms with Gasteiger partial charge in [-0.15, -0.1) is 0 Å². The molecule has 0 aliphatic carbocycles. The highest BCUT2D eigenvalue weighted by molar-refractivity contribution is 9.10. The van der Waals surface area contributed by atoms with Crippen molar-refractivity contribution in [2.24, 2.45) is 0 Å². The number of rotatable bonds is 6. The zero-order valence-electron chi connectivity index (χ0n) is 15.3. The third kappa shape index (κ3) is 4.14. The van der Waals surface area contributed by atoms with Crippen molar-refractivity contribution < 1.29 is 9.47 Å². The molecule has 3 rings (SSSR count). The second-order valence-corrected chi connectivity index (χ2v) is 6.78. The molecule has 0 aliphatic rings. The smallest absolute Gasteiger partial charge is 0.297 e. The second-order valence-electron chi connectivity index (χ2n) is 5.93. The second kappa shape index (κ2) is 8.26. The summed E-state index contributed by atoms with van der Waals surface area (Å²) in [5.74, 6) is 1.58. The fourth-order valence-electron chi connectivity index (χ4n) is 2.69. The standard InChI is InChI=1S/C20H20BrN3O3/c1-13-10-15(5-6-16(13)21)24-9-8-22-19(20(24)25)23-12-14-4-7-17(26-2)18(11-14)27-3/h4-11H,12H2,1-3H3,(H,22,23). The van der Waals surface area contributed by atoms with Crippen LogP contribution in [-0.2, 0) is 6.54 Å². The average Bonchev–Trinajstić information content (AvgIpc) is 2.69. The first-order valence-electron chi connectivity index (χ1n) is 8.32. The summed E-state index contributed by atoms with van der Waals surface area (Å²) in [5.41, 5.74) is 2.58. The Hall–Kier alpha value is -2.80. The predicted molar refractivity (Wildman–Crippen MR) is 109 cm³/mol. The first-order valence-corrected chi connectivity index (χ1v) is 9.11. The molecular formula is C20H20BrN3O3. The Morgan fingerprint density at radius 2 is 1.89 bits per heavy atom. The Morgan fingerprint density at radius 3 is 2.59 bits per heavy atom. The van der Waals surface area contributed by atoms with Gasteiger partial charge in [0.1, 0.15) is 0 Å². The van der Waals surface area contributed by atoms with Crippen LogP contribution in [-0.4, -0.2) is 23.8 Å². The van der Waals surface area contributed by atoms with Crippen LogP contribution in [0.15, 0.2) is 58.1 Å². The molecule has 0 saturated carbocycles. The van der Waals surface area contributed by atoms with E-state index in [9.17, 15) is 4.79 Å². The molecule has 0 radical (unpaired) electrons. The van der Waals surface area contributed by atoms with Crippen LogP contribution in [0, 0.1) is 6.92 Å². The summed E-state index contributed by atoms with van der Waals surface area (Å²) in [4.78, 5) is 17.0. The van der Waals surface area contributed by atoms with E-state index in [1.165, 1.54) is 0 Å². The molecular weight excluding hydrogens is 410 g/mol. The van der Waals surface area contributed by atoms with Gasteiger partial charge in [-0.2, -0.15) is 0 Å². The van der Waals surface area contributed by atoms with Crippen molar-refractivity contribution in [1.29, 1.82) is 0 Å². The number of methoxy groups -OCH3 is 2. The monoisotopic (exact) mass is 429 g/mol. The molecule has 1 aromatic heterocycles. The molecule has 27 heavy (non-hydrogen) atoms. The molecule has 1 N–H and O–H groups in total. The van der Waals surface area contributed by atoms with Crippen molar-refractivity contribution in [3.05, 3.63) is 74.7 Å². The van der Waals surface area contributed by atoms with Gasteiger partial charge in [0.05, 0.1) is 14.2 Å². The lowest BCUT2D eigenvalue weighted by Crippen LogP contribution is -2.23. The first-order chi connectivity index (χ1) is 13.0. The number of aryl methyl sites for hydroxylation is 1. The van der Waals surface area contributed by atoms with Crippen LogP contribution >= 0.6 is 15.9 Å². The van der Waals surface area contributed by atoms with Gasteiger partial charge < -0.3 is 14.8 Å². The number of ether oxygens (including phenoxy) is 2. The van der Waals surface area contributed by atoms with Crippen molar-refractivity contribution in [3.8, 4) is 17.2 Å². The molecule has 2 aromatic carbocycles. The molecule has 7 heteroatoms. The number of anilines is 1. The van der Waals surface area contributed by atoms with E-state index < -0.39 is 0 Å². The van der Waals surface area contributed by atoms with Crippen LogP contribution in [0.4, 0.5) is 5.82 Å². The molecule has 3 aromatic rings. The van der Waals surface area contributed by atoms with Gasteiger partial charge in [-0.25, -0.2) is 4.98 Å². The van der Waals surface area contributed by atoms with E-state index in [1.807, 2.05) is 43.3 Å². The van der Waals surface area contributed by atoms with Crippen LogP contribution in [0.25, 0.3) is 5.69 Å². The van der Waals surface area contributed by atoms with Crippen LogP contribution in [0.2, 0.25) is 0 Å². The van der Waals surface area contributed by atoms with E-state index in [-0.39, 0.29) is 11.4 Å². The molecule has 0 saturated heterocycles. The summed E-state index contributed by atoms with van der Waals surface area (Å²) < 4.78 is 13.1. The van der Waals surface area contributed by atoms with Crippen molar-refractivity contribution in [3.63, 3.8) is 0 Å². The molecule has 0 fully saturated rings. The SMILES string of the molecule is COc1ccc(CNc2nccn(-c3ccc(Br)c(C)c3)c2=O)cc1OC. The maximum Gasteiger partial charge on any atom is 0.297 e. The van der Waals surface area contributed by atoms with Crippen LogP contribution in [0.1, 0.15) is 11.1 Å². The summed E-state index contributed by atoms with van der Waals surface area (Å²) in [6, 6.07) is 11.4. The molecule has 0 amide bonds. The van der Waals surface area contributed by atoms with Gasteiger partial charge in [-0.3, -0.25) is 9.36 Å². The minimum Gasteiger partial charge on any atom is -0.493 e. The van der Waals surface area contributed by atoms with Gasteiger partial charge in [0.2, 0.25) is 0 Å². The highest BCUT2D eigenvalue weighted by Crippen LogP contribution is 2.27. The molecule has 0 atom stereocenters. The fourth-order valence-corrected chi connectivity index (χ4v) is 2.94. The number of aromatic nitrogens is 2. The number of nitrogens with zero attached hydrogens (tertiary/aromatic N) is 2. The Kier molecular flexibility index (Phi) is 5.81. The van der Waals surface area contributed by atoms with E-state index in [4.69, 9.17) is 9.47 Å². The van der Waals surface area contributed by atoms with Crippen molar-refractivity contribution in [1.82, 2.24) is 9.55 Å². The lowest BCUT2D eigenvalue weighted by atomic mass is 10.2.